The van der Waals surface area contributed by atoms with Gasteiger partial charge in [-0.05, 0) is 25.6 Å². The Balaban J connectivity index is 3.30. The Morgan fingerprint density at radius 1 is 1.73 bits per heavy atom. The predicted octanol–water partition coefficient (Wildman–Crippen LogP) is 2.08. The largest absolute Gasteiger partial charge is 0.369 e. The number of rotatable bonds is 1. The molecule has 0 aliphatic heterocycles. The number of aromatic nitrogens is 1. The summed E-state index contributed by atoms with van der Waals surface area (Å²) in [7, 11) is 0. The zero-order valence-electron chi connectivity index (χ0n) is 6.43. The third-order valence-corrected chi connectivity index (χ3v) is 1.51. The van der Waals surface area contributed by atoms with E-state index in [1.165, 1.54) is 6.92 Å². The van der Waals surface area contributed by atoms with Crippen LogP contribution < -0.4 is 0 Å². The molecule has 1 rings (SSSR count). The standard InChI is InChI=1S/C8H8N2O/c1-5-4-10-8(6(2)11)7(5)9-3/h4,10H,1-2H3. The van der Waals surface area contributed by atoms with E-state index in [1.807, 2.05) is 0 Å². The fourth-order valence-corrected chi connectivity index (χ4v) is 0.927. The first-order valence-corrected chi connectivity index (χ1v) is 3.23. The molecule has 0 aliphatic carbocycles. The Morgan fingerprint density at radius 2 is 2.36 bits per heavy atom. The van der Waals surface area contributed by atoms with Crippen LogP contribution in [0.2, 0.25) is 0 Å². The van der Waals surface area contributed by atoms with E-state index in [0.29, 0.717) is 11.4 Å². The smallest absolute Gasteiger partial charge is 0.217 e. The van der Waals surface area contributed by atoms with Gasteiger partial charge in [-0.1, -0.05) is 0 Å². The van der Waals surface area contributed by atoms with Gasteiger partial charge >= 0.3 is 0 Å². The number of hydrogen-bond acceptors (Lipinski definition) is 1. The van der Waals surface area contributed by atoms with Gasteiger partial charge in [-0.2, -0.15) is 0 Å². The zero-order chi connectivity index (χ0) is 8.43. The molecule has 1 aromatic rings. The first-order valence-electron chi connectivity index (χ1n) is 3.23. The molecule has 11 heavy (non-hydrogen) atoms. The lowest BCUT2D eigenvalue weighted by atomic mass is 10.2. The van der Waals surface area contributed by atoms with Crippen LogP contribution in [-0.4, -0.2) is 10.8 Å². The zero-order valence-corrected chi connectivity index (χ0v) is 6.43. The van der Waals surface area contributed by atoms with Crippen molar-refractivity contribution in [3.63, 3.8) is 0 Å². The lowest BCUT2D eigenvalue weighted by Crippen LogP contribution is -1.90. The number of hydrogen-bond donors (Lipinski definition) is 1. The van der Waals surface area contributed by atoms with Crippen LogP contribution in [0.5, 0.6) is 0 Å². The van der Waals surface area contributed by atoms with E-state index in [2.05, 4.69) is 9.83 Å². The van der Waals surface area contributed by atoms with Crippen molar-refractivity contribution in [2.24, 2.45) is 0 Å². The van der Waals surface area contributed by atoms with Gasteiger partial charge < -0.3 is 4.98 Å². The van der Waals surface area contributed by atoms with Crippen LogP contribution in [0.15, 0.2) is 6.20 Å². The van der Waals surface area contributed by atoms with Crippen molar-refractivity contribution in [3.8, 4) is 0 Å². The Kier molecular flexibility index (Phi) is 1.77. The van der Waals surface area contributed by atoms with Crippen LogP contribution in [0, 0.1) is 13.5 Å². The quantitative estimate of drug-likeness (QED) is 0.480. The third-order valence-electron chi connectivity index (χ3n) is 1.51. The molecule has 0 atom stereocenters. The summed E-state index contributed by atoms with van der Waals surface area (Å²) >= 11 is 0. The van der Waals surface area contributed by atoms with Gasteiger partial charge in [0.25, 0.3) is 0 Å². The average molecular weight is 148 g/mol. The highest BCUT2D eigenvalue weighted by Gasteiger charge is 2.10. The van der Waals surface area contributed by atoms with E-state index in [4.69, 9.17) is 6.57 Å². The summed E-state index contributed by atoms with van der Waals surface area (Å²) in [6.45, 7) is 10.0. The van der Waals surface area contributed by atoms with Gasteiger partial charge in [0, 0.05) is 0 Å². The van der Waals surface area contributed by atoms with Gasteiger partial charge in [-0.25, -0.2) is 4.85 Å². The Labute approximate surface area is 64.9 Å². The molecule has 0 amide bonds. The predicted molar refractivity (Wildman–Crippen MR) is 41.8 cm³/mol. The summed E-state index contributed by atoms with van der Waals surface area (Å²) < 4.78 is 0. The van der Waals surface area contributed by atoms with Gasteiger partial charge in [0.15, 0.2) is 5.78 Å². The van der Waals surface area contributed by atoms with Crippen molar-refractivity contribution < 1.29 is 4.79 Å². The summed E-state index contributed by atoms with van der Waals surface area (Å²) in [4.78, 5) is 16.9. The van der Waals surface area contributed by atoms with E-state index in [9.17, 15) is 4.79 Å². The molecule has 0 unspecified atom stereocenters. The Hall–Kier alpha value is -1.56. The molecule has 1 aromatic heterocycles. The molecule has 56 valence electrons. The second kappa shape index (κ2) is 2.59. The lowest BCUT2D eigenvalue weighted by molar-refractivity contribution is 0.101. The van der Waals surface area contributed by atoms with Crippen LogP contribution in [0.3, 0.4) is 0 Å². The van der Waals surface area contributed by atoms with Crippen molar-refractivity contribution >= 4 is 11.5 Å². The number of carbonyl (C=O) groups excluding carboxylic acids is 1. The highest BCUT2D eigenvalue weighted by Crippen LogP contribution is 2.23. The van der Waals surface area contributed by atoms with Crippen molar-refractivity contribution in [3.05, 3.63) is 28.9 Å². The molecule has 0 saturated carbocycles. The second-order valence-corrected chi connectivity index (χ2v) is 2.36. The number of aromatic amines is 1. The highest BCUT2D eigenvalue weighted by molar-refractivity contribution is 5.98. The summed E-state index contributed by atoms with van der Waals surface area (Å²) in [5.41, 5.74) is 1.68. The third kappa shape index (κ3) is 1.15. The van der Waals surface area contributed by atoms with Gasteiger partial charge in [0.2, 0.25) is 5.69 Å². The van der Waals surface area contributed by atoms with Crippen LogP contribution in [0.4, 0.5) is 5.69 Å². The van der Waals surface area contributed by atoms with E-state index in [-0.39, 0.29) is 5.78 Å². The fourth-order valence-electron chi connectivity index (χ4n) is 0.927. The Morgan fingerprint density at radius 3 is 2.73 bits per heavy atom. The highest BCUT2D eigenvalue weighted by atomic mass is 16.1. The second-order valence-electron chi connectivity index (χ2n) is 2.36. The van der Waals surface area contributed by atoms with Gasteiger partial charge in [-0.15, -0.1) is 0 Å². The van der Waals surface area contributed by atoms with Crippen molar-refractivity contribution in [2.75, 3.05) is 0 Å². The SMILES string of the molecule is [C-]#[N+]c1c(C)c[nH]c1C(C)=O. The summed E-state index contributed by atoms with van der Waals surface area (Å²) in [5, 5.41) is 0. The van der Waals surface area contributed by atoms with Gasteiger partial charge in [0.1, 0.15) is 0 Å². The molecule has 0 spiro atoms. The average Bonchev–Trinajstić information content (AvgIpc) is 2.30. The molecule has 0 fully saturated rings. The summed E-state index contributed by atoms with van der Waals surface area (Å²) in [6.07, 6.45) is 1.67. The molecule has 0 bridgehead atoms. The fraction of sp³-hybridized carbons (Fsp3) is 0.250. The van der Waals surface area contributed by atoms with E-state index in [0.717, 1.165) is 5.56 Å². The van der Waals surface area contributed by atoms with Gasteiger partial charge in [-0.3, -0.25) is 4.79 Å². The summed E-state index contributed by atoms with van der Waals surface area (Å²) in [6, 6.07) is 0. The number of nitrogens with one attached hydrogen (secondary N) is 1. The molecule has 3 nitrogen and oxygen atoms in total. The molecule has 0 aliphatic rings. The number of nitrogens with zero attached hydrogens (tertiary/aromatic N) is 1. The van der Waals surface area contributed by atoms with Crippen LogP contribution in [0.1, 0.15) is 23.0 Å². The van der Waals surface area contributed by atoms with Crippen LogP contribution in [-0.2, 0) is 0 Å². The number of Topliss-reactive ketones (excluding diaryl/α,β-unsaturated/α-hetero) is 1. The normalized spacial score (nSPS) is 9.18. The lowest BCUT2D eigenvalue weighted by Gasteiger charge is -1.89. The van der Waals surface area contributed by atoms with E-state index >= 15 is 0 Å². The minimum Gasteiger partial charge on any atom is -0.369 e. The number of H-pyrrole nitrogens is 1. The van der Waals surface area contributed by atoms with Crippen molar-refractivity contribution in [2.45, 2.75) is 13.8 Å². The first-order chi connectivity index (χ1) is 5.16. The molecule has 0 aromatic carbocycles. The van der Waals surface area contributed by atoms with E-state index in [1.54, 1.807) is 13.1 Å². The topological polar surface area (TPSA) is 37.2 Å². The maximum Gasteiger partial charge on any atom is 0.217 e. The molecule has 0 saturated heterocycles. The minimum absolute atomic E-state index is 0.0934. The van der Waals surface area contributed by atoms with Crippen LogP contribution >= 0.6 is 0 Å². The first kappa shape index (κ1) is 7.55. The van der Waals surface area contributed by atoms with E-state index < -0.39 is 0 Å². The molecule has 1 heterocycles. The molecular weight excluding hydrogens is 140 g/mol. The maximum atomic E-state index is 10.9. The molecule has 0 radical (unpaired) electrons. The van der Waals surface area contributed by atoms with Crippen molar-refractivity contribution in [1.82, 2.24) is 4.98 Å². The molecular formula is C8H8N2O. The molecule has 3 heteroatoms. The van der Waals surface area contributed by atoms with Crippen molar-refractivity contribution in [1.29, 1.82) is 0 Å². The number of aryl methyl sites for hydroxylation is 1. The maximum absolute atomic E-state index is 10.9. The number of ketones is 1. The minimum atomic E-state index is -0.0934. The number of carbonyl (C=O) groups is 1. The molecule has 1 N–H and O–H groups in total. The summed E-state index contributed by atoms with van der Waals surface area (Å²) in [5.74, 6) is -0.0934. The van der Waals surface area contributed by atoms with Crippen LogP contribution in [0.25, 0.3) is 4.85 Å². The van der Waals surface area contributed by atoms with Gasteiger partial charge in [0.05, 0.1) is 12.3 Å². The monoisotopic (exact) mass is 148 g/mol. The Bertz CT molecular complexity index is 330.